The fraction of sp³-hybridized carbons (Fsp3) is 0.433. The number of hydrogen-bond donors (Lipinski definition) is 0. The molecule has 36 heavy (non-hydrogen) atoms. The maximum absolute atomic E-state index is 5.51. The van der Waals surface area contributed by atoms with E-state index in [0.717, 1.165) is 57.4 Å². The van der Waals surface area contributed by atoms with Gasteiger partial charge in [-0.2, -0.15) is 0 Å². The number of morpholine rings is 1. The first-order valence-electron chi connectivity index (χ1n) is 13.2. The average molecular weight is 487 g/mol. The molecule has 0 aliphatic carbocycles. The van der Waals surface area contributed by atoms with Crippen LogP contribution in [0.1, 0.15) is 36.1 Å². The Labute approximate surface area is 215 Å². The summed E-state index contributed by atoms with van der Waals surface area (Å²) in [5.41, 5.74) is 6.15. The number of ether oxygens (including phenoxy) is 2. The van der Waals surface area contributed by atoms with Gasteiger partial charge in [-0.15, -0.1) is 0 Å². The van der Waals surface area contributed by atoms with Gasteiger partial charge in [-0.25, -0.2) is 0 Å². The zero-order valence-corrected chi connectivity index (χ0v) is 21.4. The molecular formula is C30H38N4O2. The number of aromatic nitrogens is 1. The van der Waals surface area contributed by atoms with E-state index in [1.807, 2.05) is 12.3 Å². The van der Waals surface area contributed by atoms with Gasteiger partial charge in [0.15, 0.2) is 0 Å². The van der Waals surface area contributed by atoms with Crippen LogP contribution in [0.5, 0.6) is 5.75 Å². The van der Waals surface area contributed by atoms with Crippen molar-refractivity contribution >= 4 is 11.4 Å². The van der Waals surface area contributed by atoms with Gasteiger partial charge < -0.3 is 19.3 Å². The summed E-state index contributed by atoms with van der Waals surface area (Å²) in [7, 11) is 1.72. The first-order valence-corrected chi connectivity index (χ1v) is 13.2. The predicted molar refractivity (Wildman–Crippen MR) is 146 cm³/mol. The van der Waals surface area contributed by atoms with Crippen LogP contribution in [0.4, 0.5) is 11.4 Å². The Bertz CT molecular complexity index is 1090. The molecule has 6 heteroatoms. The fourth-order valence-corrected chi connectivity index (χ4v) is 5.18. The molecule has 2 aromatic carbocycles. The van der Waals surface area contributed by atoms with Crippen molar-refractivity contribution in [1.82, 2.24) is 9.88 Å². The molecule has 3 heterocycles. The van der Waals surface area contributed by atoms with Gasteiger partial charge in [0.2, 0.25) is 0 Å². The molecule has 0 amide bonds. The number of methoxy groups -OCH3 is 1. The van der Waals surface area contributed by atoms with Crippen molar-refractivity contribution < 1.29 is 9.47 Å². The van der Waals surface area contributed by atoms with Gasteiger partial charge in [-0.05, 0) is 73.5 Å². The lowest BCUT2D eigenvalue weighted by molar-refractivity contribution is 0.122. The number of likely N-dealkylation sites (tertiary alicyclic amines) is 1. The SMILES string of the molecule is COc1cccc(CN(Cc2ccc(N3CCOCC3)cc2)c2ccnc(CN3CCCCC3)c2)c1. The summed E-state index contributed by atoms with van der Waals surface area (Å²) in [6.45, 7) is 8.42. The largest absolute Gasteiger partial charge is 0.497 e. The van der Waals surface area contributed by atoms with Crippen LogP contribution in [-0.4, -0.2) is 56.4 Å². The van der Waals surface area contributed by atoms with E-state index in [0.29, 0.717) is 0 Å². The summed E-state index contributed by atoms with van der Waals surface area (Å²) >= 11 is 0. The van der Waals surface area contributed by atoms with Gasteiger partial charge in [0, 0.05) is 50.3 Å². The van der Waals surface area contributed by atoms with Crippen LogP contribution in [0.25, 0.3) is 0 Å². The van der Waals surface area contributed by atoms with Crippen molar-refractivity contribution in [2.24, 2.45) is 0 Å². The van der Waals surface area contributed by atoms with Gasteiger partial charge in [0.1, 0.15) is 5.75 Å². The molecule has 5 rings (SSSR count). The Balaban J connectivity index is 1.36. The molecule has 0 saturated carbocycles. The maximum atomic E-state index is 5.51. The van der Waals surface area contributed by atoms with E-state index in [-0.39, 0.29) is 0 Å². The molecule has 2 aliphatic heterocycles. The van der Waals surface area contributed by atoms with Crippen LogP contribution in [-0.2, 0) is 24.4 Å². The first-order chi connectivity index (χ1) is 17.8. The molecule has 1 aromatic heterocycles. The quantitative estimate of drug-likeness (QED) is 0.418. The van der Waals surface area contributed by atoms with Crippen LogP contribution in [0.3, 0.4) is 0 Å². The summed E-state index contributed by atoms with van der Waals surface area (Å²) in [6, 6.07) is 21.8. The summed E-state index contributed by atoms with van der Waals surface area (Å²) in [6.07, 6.45) is 5.90. The highest BCUT2D eigenvalue weighted by molar-refractivity contribution is 5.51. The van der Waals surface area contributed by atoms with E-state index >= 15 is 0 Å². The third-order valence-corrected chi connectivity index (χ3v) is 7.19. The minimum absolute atomic E-state index is 0.801. The monoisotopic (exact) mass is 486 g/mol. The fourth-order valence-electron chi connectivity index (χ4n) is 5.18. The number of pyridine rings is 1. The highest BCUT2D eigenvalue weighted by atomic mass is 16.5. The molecule has 0 spiro atoms. The van der Waals surface area contributed by atoms with Crippen molar-refractivity contribution in [2.75, 3.05) is 56.3 Å². The second-order valence-electron chi connectivity index (χ2n) is 9.82. The van der Waals surface area contributed by atoms with E-state index in [1.165, 1.54) is 54.9 Å². The first kappa shape index (κ1) is 24.6. The number of anilines is 2. The van der Waals surface area contributed by atoms with Crippen molar-refractivity contribution in [1.29, 1.82) is 0 Å². The summed E-state index contributed by atoms with van der Waals surface area (Å²) < 4.78 is 11.0. The zero-order valence-electron chi connectivity index (χ0n) is 21.4. The van der Waals surface area contributed by atoms with Crippen LogP contribution in [0.15, 0.2) is 66.9 Å². The summed E-state index contributed by atoms with van der Waals surface area (Å²) in [5, 5.41) is 0. The maximum Gasteiger partial charge on any atom is 0.119 e. The molecule has 3 aromatic rings. The molecule has 0 N–H and O–H groups in total. The van der Waals surface area contributed by atoms with Gasteiger partial charge in [-0.3, -0.25) is 9.88 Å². The van der Waals surface area contributed by atoms with E-state index in [1.54, 1.807) is 7.11 Å². The predicted octanol–water partition coefficient (Wildman–Crippen LogP) is 5.12. The van der Waals surface area contributed by atoms with Gasteiger partial charge in [0.25, 0.3) is 0 Å². The molecule has 2 aliphatic rings. The lowest BCUT2D eigenvalue weighted by Crippen LogP contribution is -2.36. The number of piperidine rings is 1. The van der Waals surface area contributed by atoms with Gasteiger partial charge in [0.05, 0.1) is 26.0 Å². The lowest BCUT2D eigenvalue weighted by Gasteiger charge is -2.30. The Kier molecular flexibility index (Phi) is 8.36. The Hall–Kier alpha value is -3.09. The number of benzene rings is 2. The van der Waals surface area contributed by atoms with Crippen molar-refractivity contribution in [3.8, 4) is 5.75 Å². The van der Waals surface area contributed by atoms with Crippen molar-refractivity contribution in [3.63, 3.8) is 0 Å². The second kappa shape index (κ2) is 12.2. The zero-order chi connectivity index (χ0) is 24.6. The normalized spacial score (nSPS) is 16.6. The van der Waals surface area contributed by atoms with E-state index in [4.69, 9.17) is 14.5 Å². The Morgan fingerprint density at radius 2 is 1.64 bits per heavy atom. The Morgan fingerprint density at radius 1 is 0.861 bits per heavy atom. The van der Waals surface area contributed by atoms with Crippen LogP contribution >= 0.6 is 0 Å². The van der Waals surface area contributed by atoms with Crippen molar-refractivity contribution in [3.05, 3.63) is 83.7 Å². The highest BCUT2D eigenvalue weighted by Crippen LogP contribution is 2.25. The van der Waals surface area contributed by atoms with Crippen LogP contribution in [0, 0.1) is 0 Å². The number of nitrogens with zero attached hydrogens (tertiary/aromatic N) is 4. The van der Waals surface area contributed by atoms with Crippen LogP contribution in [0.2, 0.25) is 0 Å². The van der Waals surface area contributed by atoms with Gasteiger partial charge >= 0.3 is 0 Å². The second-order valence-corrected chi connectivity index (χ2v) is 9.82. The summed E-state index contributed by atoms with van der Waals surface area (Å²) in [5.74, 6) is 0.892. The smallest absolute Gasteiger partial charge is 0.119 e. The van der Waals surface area contributed by atoms with Gasteiger partial charge in [-0.1, -0.05) is 30.7 Å². The summed E-state index contributed by atoms with van der Waals surface area (Å²) in [4.78, 5) is 12.1. The minimum Gasteiger partial charge on any atom is -0.497 e. The lowest BCUT2D eigenvalue weighted by atomic mass is 10.1. The molecule has 0 bridgehead atoms. The molecule has 0 atom stereocenters. The molecule has 2 saturated heterocycles. The standard InChI is InChI=1S/C30H38N4O2/c1-35-30-7-5-6-26(20-30)23-34(22-25-8-10-28(11-9-25)33-16-18-36-19-17-33)29-12-13-31-27(21-29)24-32-14-3-2-4-15-32/h5-13,20-21H,2-4,14-19,22-24H2,1H3. The van der Waals surface area contributed by atoms with Crippen molar-refractivity contribution in [2.45, 2.75) is 38.9 Å². The Morgan fingerprint density at radius 3 is 2.42 bits per heavy atom. The third kappa shape index (κ3) is 6.56. The topological polar surface area (TPSA) is 41.1 Å². The molecule has 2 fully saturated rings. The number of hydrogen-bond acceptors (Lipinski definition) is 6. The third-order valence-electron chi connectivity index (χ3n) is 7.19. The molecule has 0 unspecified atom stereocenters. The molecule has 6 nitrogen and oxygen atoms in total. The molecule has 190 valence electrons. The number of rotatable bonds is 9. The highest BCUT2D eigenvalue weighted by Gasteiger charge is 2.15. The van der Waals surface area contributed by atoms with E-state index in [9.17, 15) is 0 Å². The average Bonchev–Trinajstić information content (AvgIpc) is 2.94. The molecule has 0 radical (unpaired) electrons. The minimum atomic E-state index is 0.801. The van der Waals surface area contributed by atoms with E-state index < -0.39 is 0 Å². The van der Waals surface area contributed by atoms with Crippen LogP contribution < -0.4 is 14.5 Å². The molecular weight excluding hydrogens is 448 g/mol. The van der Waals surface area contributed by atoms with E-state index in [2.05, 4.69) is 69.3 Å².